The average molecular weight is 540 g/mol. The number of aliphatic hydroxyl groups is 1. The van der Waals surface area contributed by atoms with E-state index < -0.39 is 5.60 Å². The Bertz CT molecular complexity index is 1150. The van der Waals surface area contributed by atoms with Crippen molar-refractivity contribution in [2.45, 2.75) is 30.9 Å². The number of carbonyl (C=O) groups excluding carboxylic acids is 1. The Morgan fingerprint density at radius 3 is 2.24 bits per heavy atom. The number of benzene rings is 1. The Balaban J connectivity index is 1.27. The van der Waals surface area contributed by atoms with Gasteiger partial charge in [-0.2, -0.15) is 0 Å². The third-order valence-electron chi connectivity index (χ3n) is 7.72. The molecule has 1 aromatic carbocycles. The molecule has 4 heterocycles. The maximum atomic E-state index is 13.8. The van der Waals surface area contributed by atoms with Crippen molar-refractivity contribution >= 4 is 28.6 Å². The number of ether oxygens (including phenoxy) is 2. The second kappa shape index (κ2) is 11.0. The van der Waals surface area contributed by atoms with Crippen LogP contribution in [-0.4, -0.2) is 67.0 Å². The first-order chi connectivity index (χ1) is 17.9. The fourth-order valence-electron chi connectivity index (χ4n) is 5.63. The number of quaternary nitrogens is 1. The van der Waals surface area contributed by atoms with Gasteiger partial charge in [0, 0.05) is 25.9 Å². The third-order valence-corrected chi connectivity index (χ3v) is 9.67. The smallest absolute Gasteiger partial charge is 0.265 e. The van der Waals surface area contributed by atoms with Crippen LogP contribution in [0.1, 0.15) is 28.2 Å². The lowest BCUT2D eigenvalue weighted by Crippen LogP contribution is -2.58. The van der Waals surface area contributed by atoms with Crippen LogP contribution in [0.2, 0.25) is 0 Å². The molecular weight excluding hydrogens is 504 g/mol. The minimum Gasteiger partial charge on any atom is -0.462 e. The Morgan fingerprint density at radius 1 is 1.05 bits per heavy atom. The van der Waals surface area contributed by atoms with Crippen molar-refractivity contribution < 1.29 is 23.9 Å². The van der Waals surface area contributed by atoms with Gasteiger partial charge in [-0.1, -0.05) is 42.5 Å². The molecule has 5 rings (SSSR count). The maximum Gasteiger partial charge on any atom is 0.265 e. The average Bonchev–Trinajstić information content (AvgIpc) is 3.72. The highest BCUT2D eigenvalue weighted by atomic mass is 32.1. The number of hydrogen-bond acceptors (Lipinski definition) is 6. The van der Waals surface area contributed by atoms with E-state index in [1.54, 1.807) is 6.26 Å². The van der Waals surface area contributed by atoms with E-state index in [0.717, 1.165) is 36.0 Å². The molecule has 0 spiro atoms. The summed E-state index contributed by atoms with van der Waals surface area (Å²) in [5, 5.41) is 15.6. The molecule has 1 fully saturated rings. The molecule has 0 aliphatic carbocycles. The van der Waals surface area contributed by atoms with E-state index >= 15 is 0 Å². The lowest BCUT2D eigenvalue weighted by molar-refractivity contribution is -0.919. The van der Waals surface area contributed by atoms with Crippen molar-refractivity contribution in [3.63, 3.8) is 0 Å². The zero-order chi connectivity index (χ0) is 25.9. The lowest BCUT2D eigenvalue weighted by atomic mass is 9.92. The van der Waals surface area contributed by atoms with Gasteiger partial charge in [0.2, 0.25) is 12.4 Å². The highest BCUT2D eigenvalue weighted by Crippen LogP contribution is 2.38. The van der Waals surface area contributed by atoms with E-state index in [-0.39, 0.29) is 18.6 Å². The van der Waals surface area contributed by atoms with E-state index in [0.29, 0.717) is 28.9 Å². The number of thiophene rings is 2. The van der Waals surface area contributed by atoms with Crippen LogP contribution in [0.4, 0.5) is 0 Å². The van der Waals surface area contributed by atoms with Gasteiger partial charge in [-0.3, -0.25) is 4.79 Å². The Labute approximate surface area is 227 Å². The first-order valence-corrected chi connectivity index (χ1v) is 14.5. The van der Waals surface area contributed by atoms with Crippen LogP contribution >= 0.6 is 22.7 Å². The van der Waals surface area contributed by atoms with Crippen LogP contribution in [0.15, 0.2) is 77.4 Å². The maximum absolute atomic E-state index is 13.8. The van der Waals surface area contributed by atoms with Crippen LogP contribution in [-0.2, 0) is 26.3 Å². The summed E-state index contributed by atoms with van der Waals surface area (Å²) < 4.78 is 12.1. The van der Waals surface area contributed by atoms with Crippen molar-refractivity contribution in [2.24, 2.45) is 5.92 Å². The predicted octanol–water partition coefficient (Wildman–Crippen LogP) is 4.82. The Morgan fingerprint density at radius 2 is 1.70 bits per heavy atom. The number of amides is 1. The van der Waals surface area contributed by atoms with Gasteiger partial charge >= 0.3 is 0 Å². The third kappa shape index (κ3) is 5.48. The normalized spacial score (nSPS) is 17.7. The van der Waals surface area contributed by atoms with Gasteiger partial charge in [-0.05, 0) is 34.9 Å². The number of hydrogen-bond donors (Lipinski definition) is 1. The number of rotatable bonds is 9. The summed E-state index contributed by atoms with van der Waals surface area (Å²) in [5.74, 6) is 0.909. The van der Waals surface area contributed by atoms with Gasteiger partial charge in [-0.25, -0.2) is 0 Å². The van der Waals surface area contributed by atoms with Crippen LogP contribution in [0.25, 0.3) is 0 Å². The van der Waals surface area contributed by atoms with Crippen LogP contribution < -0.4 is 0 Å². The zero-order valence-corrected chi connectivity index (χ0v) is 23.0. The molecule has 1 atom stereocenters. The topological polar surface area (TPSA) is 59.0 Å². The molecule has 1 saturated heterocycles. The SMILES string of the molecule is C[N+](C)(CC(Cc1ccccc1)C1=COCO1)C1CCN(C(=O)C(O)(c2cccs2)c2cccs2)CC1. The van der Waals surface area contributed by atoms with E-state index in [9.17, 15) is 9.90 Å². The van der Waals surface area contributed by atoms with Crippen molar-refractivity contribution in [3.05, 3.63) is 92.7 Å². The van der Waals surface area contributed by atoms with E-state index in [4.69, 9.17) is 9.47 Å². The van der Waals surface area contributed by atoms with Crippen LogP contribution in [0.5, 0.6) is 0 Å². The number of carbonyl (C=O) groups is 1. The molecule has 1 amide bonds. The van der Waals surface area contributed by atoms with E-state index in [1.165, 1.54) is 28.2 Å². The molecule has 2 aliphatic heterocycles. The number of likely N-dealkylation sites (tertiary alicyclic amines) is 1. The highest BCUT2D eigenvalue weighted by Gasteiger charge is 2.46. The molecule has 3 aromatic rings. The minimum absolute atomic E-state index is 0.210. The van der Waals surface area contributed by atoms with Gasteiger partial charge in [0.15, 0.2) is 0 Å². The first-order valence-electron chi connectivity index (χ1n) is 12.8. The summed E-state index contributed by atoms with van der Waals surface area (Å²) in [6, 6.07) is 18.4. The molecule has 8 heteroatoms. The van der Waals surface area contributed by atoms with Gasteiger partial charge in [0.05, 0.1) is 42.4 Å². The predicted molar refractivity (Wildman–Crippen MR) is 147 cm³/mol. The highest BCUT2D eigenvalue weighted by molar-refractivity contribution is 7.12. The summed E-state index contributed by atoms with van der Waals surface area (Å²) in [4.78, 5) is 17.0. The molecule has 1 N–H and O–H groups in total. The molecule has 37 heavy (non-hydrogen) atoms. The number of nitrogens with zero attached hydrogens (tertiary/aromatic N) is 2. The van der Waals surface area contributed by atoms with Crippen molar-refractivity contribution in [1.29, 1.82) is 0 Å². The molecule has 0 saturated carbocycles. The fraction of sp³-hybridized carbons (Fsp3) is 0.414. The summed E-state index contributed by atoms with van der Waals surface area (Å²) in [6.07, 6.45) is 4.44. The zero-order valence-electron chi connectivity index (χ0n) is 21.4. The van der Waals surface area contributed by atoms with E-state index in [2.05, 4.69) is 38.4 Å². The summed E-state index contributed by atoms with van der Waals surface area (Å²) in [7, 11) is 4.56. The molecule has 1 unspecified atom stereocenters. The largest absolute Gasteiger partial charge is 0.462 e. The van der Waals surface area contributed by atoms with Crippen molar-refractivity contribution in [1.82, 2.24) is 4.90 Å². The molecule has 0 bridgehead atoms. The van der Waals surface area contributed by atoms with Gasteiger partial charge in [0.1, 0.15) is 12.0 Å². The summed E-state index contributed by atoms with van der Waals surface area (Å²) >= 11 is 2.85. The molecular formula is C29H35N2O4S2+. The number of piperidine rings is 1. The molecule has 196 valence electrons. The molecule has 2 aliphatic rings. The standard InChI is InChI=1S/C29H35N2O4S2/c1-31(2,19-23(25-20-34-21-35-25)18-22-8-4-3-5-9-22)24-12-14-30(15-13-24)28(32)29(33,26-10-6-16-36-26)27-11-7-17-37-27/h3-11,16-17,20,23-24,33H,12-15,18-19,21H2,1-2H3/q+1. The summed E-state index contributed by atoms with van der Waals surface area (Å²) in [6.45, 7) is 2.47. The van der Waals surface area contributed by atoms with Crippen molar-refractivity contribution in [3.8, 4) is 0 Å². The van der Waals surface area contributed by atoms with Crippen LogP contribution in [0, 0.1) is 5.92 Å². The second-order valence-electron chi connectivity index (χ2n) is 10.5. The first kappa shape index (κ1) is 26.0. The lowest BCUT2D eigenvalue weighted by Gasteiger charge is -2.45. The minimum atomic E-state index is -1.62. The fourth-order valence-corrected chi connectivity index (χ4v) is 7.36. The van der Waals surface area contributed by atoms with E-state index in [1.807, 2.05) is 46.0 Å². The monoisotopic (exact) mass is 539 g/mol. The quantitative estimate of drug-likeness (QED) is 0.396. The Hall–Kier alpha value is -2.65. The molecule has 2 aromatic heterocycles. The second-order valence-corrected chi connectivity index (χ2v) is 12.4. The van der Waals surface area contributed by atoms with Gasteiger partial charge < -0.3 is 24.0 Å². The van der Waals surface area contributed by atoms with Crippen LogP contribution in [0.3, 0.4) is 0 Å². The van der Waals surface area contributed by atoms with Gasteiger partial charge in [0.25, 0.3) is 5.91 Å². The molecule has 6 nitrogen and oxygen atoms in total. The summed E-state index contributed by atoms with van der Waals surface area (Å²) in [5.41, 5.74) is -0.335. The van der Waals surface area contributed by atoms with Crippen molar-refractivity contribution in [2.75, 3.05) is 40.5 Å². The molecule has 0 radical (unpaired) electrons. The Kier molecular flexibility index (Phi) is 7.72. The van der Waals surface area contributed by atoms with Gasteiger partial charge in [-0.15, -0.1) is 22.7 Å².